The molecule has 1 aromatic heterocycles. The first kappa shape index (κ1) is 12.2. The maximum atomic E-state index is 11.9. The third kappa shape index (κ3) is 2.77. The zero-order valence-corrected chi connectivity index (χ0v) is 10.5. The van der Waals surface area contributed by atoms with Crippen molar-refractivity contribution >= 4 is 16.6 Å². The van der Waals surface area contributed by atoms with Gasteiger partial charge in [0.25, 0.3) is 5.56 Å². The van der Waals surface area contributed by atoms with Crippen LogP contribution in [-0.2, 0) is 9.47 Å². The fourth-order valence-electron chi connectivity index (χ4n) is 2.18. The zero-order valence-electron chi connectivity index (χ0n) is 10.5. The number of pyridine rings is 1. The van der Waals surface area contributed by atoms with E-state index in [2.05, 4.69) is 10.3 Å². The lowest BCUT2D eigenvalue weighted by Gasteiger charge is -2.23. The number of fused-ring (bicyclic) bond motifs is 1. The topological polar surface area (TPSA) is 63.4 Å². The van der Waals surface area contributed by atoms with Crippen LogP contribution in [0.15, 0.2) is 35.1 Å². The van der Waals surface area contributed by atoms with Gasteiger partial charge in [-0.1, -0.05) is 18.2 Å². The molecule has 2 N–H and O–H groups in total. The fourth-order valence-corrected chi connectivity index (χ4v) is 2.18. The second-order valence-electron chi connectivity index (χ2n) is 4.55. The predicted octanol–water partition coefficient (Wildman–Crippen LogP) is 1.36. The van der Waals surface area contributed by atoms with E-state index in [9.17, 15) is 4.79 Å². The van der Waals surface area contributed by atoms with Gasteiger partial charge >= 0.3 is 0 Å². The third-order valence-electron chi connectivity index (χ3n) is 3.16. The Balaban J connectivity index is 1.75. The highest BCUT2D eigenvalue weighted by molar-refractivity contribution is 5.83. The first-order valence-electron chi connectivity index (χ1n) is 6.38. The monoisotopic (exact) mass is 260 g/mol. The van der Waals surface area contributed by atoms with Crippen molar-refractivity contribution in [3.8, 4) is 0 Å². The Morgan fingerprint density at radius 2 is 2.21 bits per heavy atom. The van der Waals surface area contributed by atoms with Crippen LogP contribution in [0.2, 0.25) is 0 Å². The Hall–Kier alpha value is -1.85. The minimum Gasteiger partial charge on any atom is -0.376 e. The highest BCUT2D eigenvalue weighted by Gasteiger charge is 2.14. The molecule has 1 fully saturated rings. The molecule has 2 aromatic rings. The molecule has 100 valence electrons. The molecule has 0 saturated carbocycles. The van der Waals surface area contributed by atoms with Gasteiger partial charge in [-0.25, -0.2) is 0 Å². The van der Waals surface area contributed by atoms with Gasteiger partial charge in [0.15, 0.2) is 0 Å². The summed E-state index contributed by atoms with van der Waals surface area (Å²) in [5, 5.41) is 4.81. The summed E-state index contributed by atoms with van der Waals surface area (Å²) in [4.78, 5) is 14.7. The van der Waals surface area contributed by atoms with E-state index in [1.54, 1.807) is 0 Å². The first-order valence-corrected chi connectivity index (χ1v) is 6.38. The molecule has 0 spiro atoms. The van der Waals surface area contributed by atoms with Crippen molar-refractivity contribution < 1.29 is 9.47 Å². The number of hydrogen-bond acceptors (Lipinski definition) is 4. The normalized spacial score (nSPS) is 19.5. The summed E-state index contributed by atoms with van der Waals surface area (Å²) in [5.41, 5.74) is -0.0820. The van der Waals surface area contributed by atoms with Crippen molar-refractivity contribution in [3.05, 3.63) is 40.7 Å². The number of hydrogen-bond donors (Lipinski definition) is 2. The lowest BCUT2D eigenvalue weighted by molar-refractivity contribution is -0.0819. The predicted molar refractivity (Wildman–Crippen MR) is 73.6 cm³/mol. The van der Waals surface area contributed by atoms with E-state index in [-0.39, 0.29) is 11.7 Å². The molecule has 1 unspecified atom stereocenters. The lowest BCUT2D eigenvalue weighted by atomic mass is 10.2. The van der Waals surface area contributed by atoms with Gasteiger partial charge in [-0.05, 0) is 17.5 Å². The molecule has 1 atom stereocenters. The number of aromatic amines is 1. The van der Waals surface area contributed by atoms with E-state index in [0.29, 0.717) is 37.6 Å². The van der Waals surface area contributed by atoms with E-state index in [0.717, 1.165) is 5.39 Å². The summed E-state index contributed by atoms with van der Waals surface area (Å²) in [6.45, 7) is 2.49. The third-order valence-corrected chi connectivity index (χ3v) is 3.16. The van der Waals surface area contributed by atoms with Crippen molar-refractivity contribution in [1.82, 2.24) is 4.98 Å². The molecule has 0 radical (unpaired) electrons. The average Bonchev–Trinajstić information content (AvgIpc) is 2.46. The van der Waals surface area contributed by atoms with Gasteiger partial charge in [-0.3, -0.25) is 4.79 Å². The quantitative estimate of drug-likeness (QED) is 0.874. The molecule has 0 aliphatic carbocycles. The van der Waals surface area contributed by atoms with Gasteiger partial charge in [-0.15, -0.1) is 0 Å². The average molecular weight is 260 g/mol. The van der Waals surface area contributed by atoms with Crippen LogP contribution < -0.4 is 10.9 Å². The Morgan fingerprint density at radius 1 is 1.32 bits per heavy atom. The van der Waals surface area contributed by atoms with Gasteiger partial charge in [-0.2, -0.15) is 0 Å². The minimum atomic E-state index is -0.0820. The van der Waals surface area contributed by atoms with Crippen LogP contribution in [0.5, 0.6) is 0 Å². The summed E-state index contributed by atoms with van der Waals surface area (Å²) in [6.07, 6.45) is 0.0312. The van der Waals surface area contributed by atoms with Gasteiger partial charge in [0, 0.05) is 11.9 Å². The maximum Gasteiger partial charge on any atom is 0.257 e. The highest BCUT2D eigenvalue weighted by Crippen LogP contribution is 2.13. The molecule has 3 rings (SSSR count). The van der Waals surface area contributed by atoms with E-state index in [1.165, 1.54) is 0 Å². The van der Waals surface area contributed by atoms with Gasteiger partial charge in [0.05, 0.1) is 25.9 Å². The van der Waals surface area contributed by atoms with Crippen LogP contribution >= 0.6 is 0 Å². The lowest BCUT2D eigenvalue weighted by Crippen LogP contribution is -2.34. The minimum absolute atomic E-state index is 0.0312. The van der Waals surface area contributed by atoms with Crippen molar-refractivity contribution in [2.24, 2.45) is 0 Å². The zero-order chi connectivity index (χ0) is 13.1. The Kier molecular flexibility index (Phi) is 3.48. The molecule has 5 heteroatoms. The van der Waals surface area contributed by atoms with Crippen molar-refractivity contribution in [1.29, 1.82) is 0 Å². The Morgan fingerprint density at radius 3 is 3.05 bits per heavy atom. The molecule has 1 aromatic carbocycles. The van der Waals surface area contributed by atoms with Crippen molar-refractivity contribution in [3.63, 3.8) is 0 Å². The largest absolute Gasteiger partial charge is 0.376 e. The SMILES string of the molecule is O=c1[nH]c(NCC2COCCO2)cc2ccccc12. The van der Waals surface area contributed by atoms with E-state index < -0.39 is 0 Å². The highest BCUT2D eigenvalue weighted by atomic mass is 16.6. The summed E-state index contributed by atoms with van der Waals surface area (Å²) >= 11 is 0. The summed E-state index contributed by atoms with van der Waals surface area (Å²) < 4.78 is 10.9. The number of nitrogens with one attached hydrogen (secondary N) is 2. The number of aromatic nitrogens is 1. The maximum absolute atomic E-state index is 11.9. The smallest absolute Gasteiger partial charge is 0.257 e. The van der Waals surface area contributed by atoms with Crippen LogP contribution in [0.4, 0.5) is 5.82 Å². The number of ether oxygens (including phenoxy) is 2. The van der Waals surface area contributed by atoms with E-state index >= 15 is 0 Å². The number of benzene rings is 1. The number of rotatable bonds is 3. The van der Waals surface area contributed by atoms with Crippen LogP contribution in [0.1, 0.15) is 0 Å². The summed E-state index contributed by atoms with van der Waals surface area (Å²) in [6, 6.07) is 9.45. The molecule has 0 bridgehead atoms. The second kappa shape index (κ2) is 5.42. The molecule has 1 aliphatic heterocycles. The molecule has 1 saturated heterocycles. The molecular formula is C14H16N2O3. The molecule has 19 heavy (non-hydrogen) atoms. The van der Waals surface area contributed by atoms with Crippen LogP contribution in [0, 0.1) is 0 Å². The van der Waals surface area contributed by atoms with Gasteiger partial charge < -0.3 is 19.8 Å². The molecule has 5 nitrogen and oxygen atoms in total. The van der Waals surface area contributed by atoms with E-state index in [1.807, 2.05) is 30.3 Å². The molecular weight excluding hydrogens is 244 g/mol. The number of anilines is 1. The Labute approximate surface area is 110 Å². The van der Waals surface area contributed by atoms with Gasteiger partial charge in [0.2, 0.25) is 0 Å². The fraction of sp³-hybridized carbons (Fsp3) is 0.357. The molecule has 1 aliphatic rings. The summed E-state index contributed by atoms with van der Waals surface area (Å²) in [7, 11) is 0. The van der Waals surface area contributed by atoms with Crippen molar-refractivity contribution in [2.75, 3.05) is 31.7 Å². The standard InChI is InChI=1S/C14H16N2O3/c17-14-12-4-2-1-3-10(12)7-13(16-14)15-8-11-9-18-5-6-19-11/h1-4,7,11H,5-6,8-9H2,(H2,15,16,17). The van der Waals surface area contributed by atoms with Crippen molar-refractivity contribution in [2.45, 2.75) is 6.10 Å². The number of H-pyrrole nitrogens is 1. The summed E-state index contributed by atoms with van der Waals surface area (Å²) in [5.74, 6) is 0.706. The second-order valence-corrected chi connectivity index (χ2v) is 4.55. The van der Waals surface area contributed by atoms with Crippen LogP contribution in [-0.4, -0.2) is 37.5 Å². The Bertz CT molecular complexity index is 617. The van der Waals surface area contributed by atoms with Gasteiger partial charge in [0.1, 0.15) is 5.82 Å². The molecule has 0 amide bonds. The van der Waals surface area contributed by atoms with E-state index in [4.69, 9.17) is 9.47 Å². The van der Waals surface area contributed by atoms with Crippen LogP contribution in [0.25, 0.3) is 10.8 Å². The van der Waals surface area contributed by atoms with Crippen LogP contribution in [0.3, 0.4) is 0 Å². The first-order chi connectivity index (χ1) is 9.33. The molecule has 2 heterocycles.